The highest BCUT2D eigenvalue weighted by molar-refractivity contribution is 5.89. The first kappa shape index (κ1) is 11.8. The molecule has 19 heavy (non-hydrogen) atoms. The summed E-state index contributed by atoms with van der Waals surface area (Å²) in [4.78, 5) is 0. The summed E-state index contributed by atoms with van der Waals surface area (Å²) < 4.78 is 6.12. The SMILES string of the molecule is C=CC1OC(c2ccccc2)=C(C)c2ccccc21. The van der Waals surface area contributed by atoms with Crippen molar-refractivity contribution in [1.29, 1.82) is 0 Å². The van der Waals surface area contributed by atoms with Crippen molar-refractivity contribution in [2.45, 2.75) is 13.0 Å². The number of fused-ring (bicyclic) bond motifs is 1. The van der Waals surface area contributed by atoms with Crippen molar-refractivity contribution in [2.24, 2.45) is 0 Å². The van der Waals surface area contributed by atoms with E-state index in [1.165, 1.54) is 16.7 Å². The Morgan fingerprint density at radius 1 is 1.00 bits per heavy atom. The minimum Gasteiger partial charge on any atom is -0.481 e. The maximum atomic E-state index is 6.12. The van der Waals surface area contributed by atoms with Gasteiger partial charge in [0.2, 0.25) is 0 Å². The van der Waals surface area contributed by atoms with Gasteiger partial charge in [0, 0.05) is 11.1 Å². The third-order valence-corrected chi connectivity index (χ3v) is 3.51. The molecule has 94 valence electrons. The first-order chi connectivity index (χ1) is 9.31. The van der Waals surface area contributed by atoms with E-state index >= 15 is 0 Å². The van der Waals surface area contributed by atoms with Crippen LogP contribution >= 0.6 is 0 Å². The van der Waals surface area contributed by atoms with Crippen molar-refractivity contribution in [2.75, 3.05) is 0 Å². The van der Waals surface area contributed by atoms with E-state index < -0.39 is 0 Å². The average molecular weight is 248 g/mol. The van der Waals surface area contributed by atoms with Gasteiger partial charge in [-0.15, -0.1) is 0 Å². The summed E-state index contributed by atoms with van der Waals surface area (Å²) in [6, 6.07) is 18.6. The van der Waals surface area contributed by atoms with Gasteiger partial charge in [0.15, 0.2) is 0 Å². The molecule has 1 atom stereocenters. The van der Waals surface area contributed by atoms with Crippen molar-refractivity contribution >= 4 is 11.3 Å². The quantitative estimate of drug-likeness (QED) is 0.691. The number of ether oxygens (including phenoxy) is 1. The number of hydrogen-bond donors (Lipinski definition) is 0. The smallest absolute Gasteiger partial charge is 0.142 e. The summed E-state index contributed by atoms with van der Waals surface area (Å²) in [5.74, 6) is 0.948. The van der Waals surface area contributed by atoms with E-state index in [0.29, 0.717) is 0 Å². The fraction of sp³-hybridized carbons (Fsp3) is 0.111. The van der Waals surface area contributed by atoms with E-state index in [1.54, 1.807) is 0 Å². The molecule has 0 saturated carbocycles. The van der Waals surface area contributed by atoms with E-state index in [0.717, 1.165) is 11.3 Å². The summed E-state index contributed by atoms with van der Waals surface area (Å²) in [5.41, 5.74) is 4.73. The molecule has 1 aliphatic heterocycles. The van der Waals surface area contributed by atoms with E-state index in [4.69, 9.17) is 4.74 Å². The molecule has 1 heteroatoms. The molecule has 0 radical (unpaired) electrons. The standard InChI is InChI=1S/C18H16O/c1-3-17-16-12-8-7-11-15(16)13(2)18(19-17)14-9-5-4-6-10-14/h3-12,17H,1H2,2H3. The van der Waals surface area contributed by atoms with Crippen LogP contribution in [0.3, 0.4) is 0 Å². The highest BCUT2D eigenvalue weighted by Crippen LogP contribution is 2.40. The van der Waals surface area contributed by atoms with Gasteiger partial charge >= 0.3 is 0 Å². The van der Waals surface area contributed by atoms with Crippen molar-refractivity contribution in [1.82, 2.24) is 0 Å². The Morgan fingerprint density at radius 3 is 2.42 bits per heavy atom. The molecule has 1 heterocycles. The molecule has 2 aromatic carbocycles. The Labute approximate surface area is 113 Å². The lowest BCUT2D eigenvalue weighted by Gasteiger charge is -2.28. The van der Waals surface area contributed by atoms with Crippen LogP contribution in [0, 0.1) is 0 Å². The molecule has 0 spiro atoms. The molecule has 3 rings (SSSR count). The Kier molecular flexibility index (Phi) is 2.96. The van der Waals surface area contributed by atoms with Gasteiger partial charge in [-0.05, 0) is 24.1 Å². The Hall–Kier alpha value is -2.28. The van der Waals surface area contributed by atoms with Crippen LogP contribution in [0.1, 0.15) is 29.7 Å². The van der Waals surface area contributed by atoms with E-state index in [-0.39, 0.29) is 6.10 Å². The van der Waals surface area contributed by atoms with Gasteiger partial charge in [0.1, 0.15) is 11.9 Å². The third kappa shape index (κ3) is 1.97. The predicted octanol–water partition coefficient (Wildman–Crippen LogP) is 4.83. The zero-order valence-corrected chi connectivity index (χ0v) is 11.0. The lowest BCUT2D eigenvalue weighted by atomic mass is 9.92. The molecule has 1 aliphatic rings. The van der Waals surface area contributed by atoms with Crippen LogP contribution in [0.2, 0.25) is 0 Å². The summed E-state index contributed by atoms with van der Waals surface area (Å²) in [6.45, 7) is 6.00. The molecular weight excluding hydrogens is 232 g/mol. The summed E-state index contributed by atoms with van der Waals surface area (Å²) in [7, 11) is 0. The second-order valence-corrected chi connectivity index (χ2v) is 4.68. The minimum absolute atomic E-state index is 0.0740. The van der Waals surface area contributed by atoms with Gasteiger partial charge in [-0.2, -0.15) is 0 Å². The van der Waals surface area contributed by atoms with Crippen molar-refractivity contribution in [3.05, 3.63) is 83.9 Å². The molecule has 2 aromatic rings. The van der Waals surface area contributed by atoms with E-state index in [2.05, 4.69) is 43.8 Å². The fourth-order valence-electron chi connectivity index (χ4n) is 2.54. The molecule has 0 saturated heterocycles. The first-order valence-corrected chi connectivity index (χ1v) is 6.46. The number of benzene rings is 2. The molecule has 1 nitrogen and oxygen atoms in total. The maximum Gasteiger partial charge on any atom is 0.142 e. The minimum atomic E-state index is -0.0740. The number of allylic oxidation sites excluding steroid dienone is 1. The van der Waals surface area contributed by atoms with E-state index in [1.807, 2.05) is 30.3 Å². The molecular formula is C18H16O. The molecule has 0 fully saturated rings. The Bertz CT molecular complexity index is 638. The molecule has 1 unspecified atom stereocenters. The largest absolute Gasteiger partial charge is 0.481 e. The van der Waals surface area contributed by atoms with Gasteiger partial charge < -0.3 is 4.74 Å². The van der Waals surface area contributed by atoms with Gasteiger partial charge in [-0.3, -0.25) is 0 Å². The lowest BCUT2D eigenvalue weighted by molar-refractivity contribution is 0.212. The van der Waals surface area contributed by atoms with Crippen LogP contribution in [0.4, 0.5) is 0 Å². The van der Waals surface area contributed by atoms with Crippen LogP contribution < -0.4 is 0 Å². The third-order valence-electron chi connectivity index (χ3n) is 3.51. The van der Waals surface area contributed by atoms with Crippen LogP contribution in [-0.2, 0) is 4.74 Å². The van der Waals surface area contributed by atoms with Crippen molar-refractivity contribution in [3.8, 4) is 0 Å². The van der Waals surface area contributed by atoms with Gasteiger partial charge in [0.05, 0.1) is 0 Å². The average Bonchev–Trinajstić information content (AvgIpc) is 2.49. The zero-order chi connectivity index (χ0) is 13.2. The molecule has 0 aliphatic carbocycles. The highest BCUT2D eigenvalue weighted by Gasteiger charge is 2.24. The predicted molar refractivity (Wildman–Crippen MR) is 79.4 cm³/mol. The second-order valence-electron chi connectivity index (χ2n) is 4.68. The van der Waals surface area contributed by atoms with Crippen LogP contribution in [0.15, 0.2) is 67.3 Å². The first-order valence-electron chi connectivity index (χ1n) is 6.46. The van der Waals surface area contributed by atoms with Crippen LogP contribution in [0.25, 0.3) is 11.3 Å². The molecule has 0 bridgehead atoms. The Balaban J connectivity index is 2.19. The molecule has 0 aromatic heterocycles. The second kappa shape index (κ2) is 4.77. The Morgan fingerprint density at radius 2 is 1.68 bits per heavy atom. The summed E-state index contributed by atoms with van der Waals surface area (Å²) >= 11 is 0. The van der Waals surface area contributed by atoms with Gasteiger partial charge in [-0.25, -0.2) is 0 Å². The van der Waals surface area contributed by atoms with Crippen molar-refractivity contribution in [3.63, 3.8) is 0 Å². The number of rotatable bonds is 2. The van der Waals surface area contributed by atoms with Gasteiger partial charge in [0.25, 0.3) is 0 Å². The maximum absolute atomic E-state index is 6.12. The van der Waals surface area contributed by atoms with Crippen LogP contribution in [0.5, 0.6) is 0 Å². The highest BCUT2D eigenvalue weighted by atomic mass is 16.5. The van der Waals surface area contributed by atoms with Crippen LogP contribution in [-0.4, -0.2) is 0 Å². The normalized spacial score (nSPS) is 17.6. The van der Waals surface area contributed by atoms with E-state index in [9.17, 15) is 0 Å². The zero-order valence-electron chi connectivity index (χ0n) is 11.0. The molecule has 0 amide bonds. The van der Waals surface area contributed by atoms with Gasteiger partial charge in [-0.1, -0.05) is 61.2 Å². The summed E-state index contributed by atoms with van der Waals surface area (Å²) in [6.07, 6.45) is 1.78. The monoisotopic (exact) mass is 248 g/mol. The summed E-state index contributed by atoms with van der Waals surface area (Å²) in [5, 5.41) is 0. The number of hydrogen-bond acceptors (Lipinski definition) is 1. The van der Waals surface area contributed by atoms with Crippen molar-refractivity contribution < 1.29 is 4.74 Å². The molecule has 0 N–H and O–H groups in total. The lowest BCUT2D eigenvalue weighted by Crippen LogP contribution is -2.10. The fourth-order valence-corrected chi connectivity index (χ4v) is 2.54. The topological polar surface area (TPSA) is 9.23 Å².